The number of hydrogen-bond donors (Lipinski definition) is 1. The summed E-state index contributed by atoms with van der Waals surface area (Å²) in [5.74, 6) is 1.12. The number of carbonyl (C=O) groups is 1. The Morgan fingerprint density at radius 1 is 1.35 bits per heavy atom. The van der Waals surface area contributed by atoms with E-state index >= 15 is 0 Å². The molecule has 1 spiro atoms. The van der Waals surface area contributed by atoms with Crippen molar-refractivity contribution in [1.29, 1.82) is 0 Å². The molecular formula is C18H22BrN5O2. The van der Waals surface area contributed by atoms with Crippen LogP contribution in [0, 0.1) is 5.41 Å². The maximum Gasteiger partial charge on any atom is 0.321 e. The van der Waals surface area contributed by atoms with Crippen molar-refractivity contribution in [3.63, 3.8) is 0 Å². The summed E-state index contributed by atoms with van der Waals surface area (Å²) in [6.45, 7) is 2.81. The minimum absolute atomic E-state index is 0.00427. The number of likely N-dealkylation sites (tertiary alicyclic amines) is 1. The van der Waals surface area contributed by atoms with E-state index in [4.69, 9.17) is 4.74 Å². The van der Waals surface area contributed by atoms with Crippen LogP contribution in [0.1, 0.15) is 24.6 Å². The first kappa shape index (κ1) is 17.5. The van der Waals surface area contributed by atoms with Crippen LogP contribution < -0.4 is 5.32 Å². The van der Waals surface area contributed by atoms with Crippen molar-refractivity contribution < 1.29 is 9.53 Å². The van der Waals surface area contributed by atoms with Crippen LogP contribution in [0.25, 0.3) is 0 Å². The lowest BCUT2D eigenvalue weighted by molar-refractivity contribution is 0.0122. The topological polar surface area (TPSA) is 72.3 Å². The van der Waals surface area contributed by atoms with E-state index in [1.807, 2.05) is 40.8 Å². The molecule has 2 aromatic rings. The molecule has 4 rings (SSSR count). The standard InChI is InChI=1S/C18H22BrN5O2/c1-23-12-20-22-16(23)13-10-24(11-18(13)6-8-26-9-7-18)17(25)21-15-5-3-2-4-14(15)19/h2-5,12-13H,6-11H2,1H3,(H,21,25). The average molecular weight is 420 g/mol. The Labute approximate surface area is 160 Å². The van der Waals surface area contributed by atoms with Crippen LogP contribution in [0.3, 0.4) is 0 Å². The molecule has 26 heavy (non-hydrogen) atoms. The second-order valence-electron chi connectivity index (χ2n) is 7.12. The number of urea groups is 1. The number of hydrogen-bond acceptors (Lipinski definition) is 4. The Morgan fingerprint density at radius 2 is 2.12 bits per heavy atom. The first-order chi connectivity index (χ1) is 12.6. The average Bonchev–Trinajstić information content (AvgIpc) is 3.21. The summed E-state index contributed by atoms with van der Waals surface area (Å²) < 4.78 is 8.43. The van der Waals surface area contributed by atoms with Gasteiger partial charge in [-0.05, 0) is 40.9 Å². The highest BCUT2D eigenvalue weighted by Gasteiger charge is 2.50. The lowest BCUT2D eigenvalue weighted by Crippen LogP contribution is -2.38. The number of amides is 2. The second-order valence-corrected chi connectivity index (χ2v) is 7.97. The molecule has 1 aromatic heterocycles. The fraction of sp³-hybridized carbons (Fsp3) is 0.500. The van der Waals surface area contributed by atoms with Crippen LogP contribution in [0.5, 0.6) is 0 Å². The van der Waals surface area contributed by atoms with Crippen LogP contribution in [-0.4, -0.2) is 52.0 Å². The number of anilines is 1. The van der Waals surface area contributed by atoms with Crippen molar-refractivity contribution in [2.45, 2.75) is 18.8 Å². The Balaban J connectivity index is 1.58. The van der Waals surface area contributed by atoms with E-state index in [2.05, 4.69) is 31.4 Å². The van der Waals surface area contributed by atoms with Gasteiger partial charge in [0, 0.05) is 49.2 Å². The molecule has 0 aliphatic carbocycles. The smallest absolute Gasteiger partial charge is 0.321 e. The molecular weight excluding hydrogens is 398 g/mol. The molecule has 0 saturated carbocycles. The maximum absolute atomic E-state index is 12.9. The number of carbonyl (C=O) groups excluding carboxylic acids is 1. The number of rotatable bonds is 2. The number of nitrogens with one attached hydrogen (secondary N) is 1. The summed E-state index contributed by atoms with van der Waals surface area (Å²) >= 11 is 3.48. The molecule has 138 valence electrons. The molecule has 2 saturated heterocycles. The number of aryl methyl sites for hydroxylation is 1. The summed E-state index contributed by atoms with van der Waals surface area (Å²) in [7, 11) is 1.96. The molecule has 1 unspecified atom stereocenters. The SMILES string of the molecule is Cn1cnnc1C1CN(C(=O)Nc2ccccc2Br)CC12CCOCC2. The summed E-state index contributed by atoms with van der Waals surface area (Å²) in [5.41, 5.74) is 0.783. The Morgan fingerprint density at radius 3 is 2.81 bits per heavy atom. The summed E-state index contributed by atoms with van der Waals surface area (Å²) in [6, 6.07) is 7.57. The fourth-order valence-corrected chi connectivity index (χ4v) is 4.51. The van der Waals surface area contributed by atoms with Gasteiger partial charge >= 0.3 is 6.03 Å². The third-order valence-electron chi connectivity index (χ3n) is 5.60. The minimum Gasteiger partial charge on any atom is -0.381 e. The molecule has 2 aliphatic rings. The Hall–Kier alpha value is -1.93. The molecule has 1 atom stereocenters. The van der Waals surface area contributed by atoms with Crippen LogP contribution in [-0.2, 0) is 11.8 Å². The molecule has 0 bridgehead atoms. The summed E-state index contributed by atoms with van der Waals surface area (Å²) in [6.07, 6.45) is 3.60. The number of ether oxygens (including phenoxy) is 1. The first-order valence-corrected chi connectivity index (χ1v) is 9.60. The van der Waals surface area contributed by atoms with E-state index in [9.17, 15) is 4.79 Å². The van der Waals surface area contributed by atoms with Gasteiger partial charge in [0.15, 0.2) is 0 Å². The molecule has 2 aliphatic heterocycles. The zero-order valence-corrected chi connectivity index (χ0v) is 16.3. The van der Waals surface area contributed by atoms with Crippen LogP contribution in [0.2, 0.25) is 0 Å². The minimum atomic E-state index is -0.0764. The molecule has 2 amide bonds. The van der Waals surface area contributed by atoms with Crippen molar-refractivity contribution >= 4 is 27.6 Å². The highest BCUT2D eigenvalue weighted by atomic mass is 79.9. The molecule has 2 fully saturated rings. The lowest BCUT2D eigenvalue weighted by atomic mass is 9.72. The van der Waals surface area contributed by atoms with Gasteiger partial charge in [-0.25, -0.2) is 4.79 Å². The summed E-state index contributed by atoms with van der Waals surface area (Å²) in [5, 5.41) is 11.4. The van der Waals surface area contributed by atoms with Gasteiger partial charge in [0.25, 0.3) is 0 Å². The largest absolute Gasteiger partial charge is 0.381 e. The van der Waals surface area contributed by atoms with Crippen LogP contribution in [0.4, 0.5) is 10.5 Å². The van der Waals surface area contributed by atoms with Crippen LogP contribution >= 0.6 is 15.9 Å². The fourth-order valence-electron chi connectivity index (χ4n) is 4.13. The predicted molar refractivity (Wildman–Crippen MR) is 101 cm³/mol. The van der Waals surface area contributed by atoms with E-state index in [0.29, 0.717) is 13.1 Å². The zero-order valence-electron chi connectivity index (χ0n) is 14.7. The van der Waals surface area contributed by atoms with Gasteiger partial charge < -0.3 is 19.5 Å². The third-order valence-corrected chi connectivity index (χ3v) is 6.29. The number of halogens is 1. The van der Waals surface area contributed by atoms with Crippen molar-refractivity contribution in [2.75, 3.05) is 31.6 Å². The van der Waals surface area contributed by atoms with E-state index < -0.39 is 0 Å². The first-order valence-electron chi connectivity index (χ1n) is 8.81. The van der Waals surface area contributed by atoms with Crippen LogP contribution in [0.15, 0.2) is 35.1 Å². The molecule has 1 aromatic carbocycles. The molecule has 0 radical (unpaired) electrons. The van der Waals surface area contributed by atoms with E-state index in [1.165, 1.54) is 0 Å². The van der Waals surface area contributed by atoms with Gasteiger partial charge in [0.2, 0.25) is 0 Å². The van der Waals surface area contributed by atoms with Gasteiger partial charge in [-0.15, -0.1) is 10.2 Å². The molecule has 8 heteroatoms. The molecule has 7 nitrogen and oxygen atoms in total. The molecule has 1 N–H and O–H groups in total. The van der Waals surface area contributed by atoms with Crippen molar-refractivity contribution in [2.24, 2.45) is 12.5 Å². The van der Waals surface area contributed by atoms with Crippen molar-refractivity contribution in [1.82, 2.24) is 19.7 Å². The van der Waals surface area contributed by atoms with Crippen molar-refractivity contribution in [3.05, 3.63) is 40.9 Å². The van der Waals surface area contributed by atoms with Gasteiger partial charge in [-0.3, -0.25) is 0 Å². The third kappa shape index (κ3) is 3.12. The molecule has 3 heterocycles. The maximum atomic E-state index is 12.9. The Bertz CT molecular complexity index is 802. The number of nitrogens with zero attached hydrogens (tertiary/aromatic N) is 4. The summed E-state index contributed by atoms with van der Waals surface area (Å²) in [4.78, 5) is 14.8. The van der Waals surface area contributed by atoms with Gasteiger partial charge in [0.05, 0.1) is 5.69 Å². The predicted octanol–water partition coefficient (Wildman–Crippen LogP) is 3.01. The normalized spacial score (nSPS) is 21.9. The number of benzene rings is 1. The van der Waals surface area contributed by atoms with E-state index in [-0.39, 0.29) is 17.4 Å². The van der Waals surface area contributed by atoms with Crippen molar-refractivity contribution in [3.8, 4) is 0 Å². The van der Waals surface area contributed by atoms with Gasteiger partial charge in [0.1, 0.15) is 12.2 Å². The quantitative estimate of drug-likeness (QED) is 0.811. The van der Waals surface area contributed by atoms with E-state index in [1.54, 1.807) is 6.33 Å². The number of para-hydroxylation sites is 1. The second kappa shape index (κ2) is 7.00. The number of aromatic nitrogens is 3. The Kier molecular flexibility index (Phi) is 4.71. The van der Waals surface area contributed by atoms with Gasteiger partial charge in [-0.1, -0.05) is 12.1 Å². The zero-order chi connectivity index (χ0) is 18.1. The van der Waals surface area contributed by atoms with E-state index in [0.717, 1.165) is 42.0 Å². The highest BCUT2D eigenvalue weighted by molar-refractivity contribution is 9.10. The highest BCUT2D eigenvalue weighted by Crippen LogP contribution is 2.49. The monoisotopic (exact) mass is 419 g/mol. The van der Waals surface area contributed by atoms with Gasteiger partial charge in [-0.2, -0.15) is 0 Å². The lowest BCUT2D eigenvalue weighted by Gasteiger charge is -2.37.